The standard InChI is InChI=1S/C14H26O/c1-10(2)15-14-7-11(3)5-13(9-14)6-12(4)8-14/h10-13H,5-9H2,1-4H3. The molecule has 0 aromatic carbocycles. The first-order valence-electron chi connectivity index (χ1n) is 6.67. The van der Waals surface area contributed by atoms with Gasteiger partial charge in [-0.3, -0.25) is 0 Å². The summed E-state index contributed by atoms with van der Waals surface area (Å²) in [4.78, 5) is 0. The summed E-state index contributed by atoms with van der Waals surface area (Å²) in [6.07, 6.45) is 7.19. The predicted octanol–water partition coefficient (Wildman–Crippen LogP) is 4.02. The fraction of sp³-hybridized carbons (Fsp3) is 1.00. The summed E-state index contributed by atoms with van der Waals surface area (Å²) in [6, 6.07) is 0. The van der Waals surface area contributed by atoms with Crippen LogP contribution in [0.5, 0.6) is 0 Å². The zero-order valence-corrected chi connectivity index (χ0v) is 10.8. The molecule has 2 unspecified atom stereocenters. The molecule has 2 aliphatic carbocycles. The molecule has 15 heavy (non-hydrogen) atoms. The summed E-state index contributed by atoms with van der Waals surface area (Å²) in [5.41, 5.74) is 0.244. The minimum Gasteiger partial charge on any atom is -0.372 e. The Morgan fingerprint density at radius 3 is 2.00 bits per heavy atom. The smallest absolute Gasteiger partial charge is 0.0693 e. The first kappa shape index (κ1) is 11.4. The highest BCUT2D eigenvalue weighted by Crippen LogP contribution is 2.49. The van der Waals surface area contributed by atoms with Gasteiger partial charge in [-0.25, -0.2) is 0 Å². The van der Waals surface area contributed by atoms with Crippen LogP contribution in [0.1, 0.15) is 59.8 Å². The summed E-state index contributed by atoms with van der Waals surface area (Å²) in [6.45, 7) is 9.17. The molecule has 0 radical (unpaired) electrons. The lowest BCUT2D eigenvalue weighted by Gasteiger charge is -2.50. The zero-order chi connectivity index (χ0) is 11.1. The first-order valence-corrected chi connectivity index (χ1v) is 6.67. The maximum absolute atomic E-state index is 6.29. The molecule has 2 saturated carbocycles. The number of fused-ring (bicyclic) bond motifs is 2. The van der Waals surface area contributed by atoms with E-state index < -0.39 is 0 Å². The van der Waals surface area contributed by atoms with Gasteiger partial charge in [0, 0.05) is 0 Å². The number of hydrogen-bond donors (Lipinski definition) is 0. The quantitative estimate of drug-likeness (QED) is 0.669. The van der Waals surface area contributed by atoms with Crippen LogP contribution in [-0.2, 0) is 4.74 Å². The molecule has 0 aromatic heterocycles. The van der Waals surface area contributed by atoms with Crippen LogP contribution in [0.4, 0.5) is 0 Å². The van der Waals surface area contributed by atoms with Crippen molar-refractivity contribution in [1.29, 1.82) is 0 Å². The third-order valence-corrected chi connectivity index (χ3v) is 4.06. The van der Waals surface area contributed by atoms with Gasteiger partial charge in [-0.1, -0.05) is 13.8 Å². The molecule has 2 atom stereocenters. The second kappa shape index (κ2) is 4.08. The topological polar surface area (TPSA) is 9.23 Å². The highest BCUT2D eigenvalue weighted by molar-refractivity contribution is 4.96. The molecule has 0 saturated heterocycles. The van der Waals surface area contributed by atoms with Crippen LogP contribution in [0.3, 0.4) is 0 Å². The second-order valence-corrected chi connectivity index (χ2v) is 6.51. The van der Waals surface area contributed by atoms with Crippen LogP contribution >= 0.6 is 0 Å². The van der Waals surface area contributed by atoms with Crippen LogP contribution in [0.25, 0.3) is 0 Å². The van der Waals surface area contributed by atoms with E-state index in [2.05, 4.69) is 27.7 Å². The van der Waals surface area contributed by atoms with Gasteiger partial charge in [-0.2, -0.15) is 0 Å². The largest absolute Gasteiger partial charge is 0.372 e. The molecule has 2 bridgehead atoms. The normalized spacial score (nSPS) is 45.8. The van der Waals surface area contributed by atoms with E-state index >= 15 is 0 Å². The molecule has 2 aliphatic rings. The van der Waals surface area contributed by atoms with Crippen molar-refractivity contribution in [2.75, 3.05) is 0 Å². The maximum atomic E-state index is 6.29. The Bertz CT molecular complexity index is 196. The number of ether oxygens (including phenoxy) is 1. The van der Waals surface area contributed by atoms with Crippen LogP contribution in [0.2, 0.25) is 0 Å². The van der Waals surface area contributed by atoms with E-state index in [4.69, 9.17) is 4.74 Å². The highest BCUT2D eigenvalue weighted by atomic mass is 16.5. The fourth-order valence-corrected chi connectivity index (χ4v) is 4.26. The summed E-state index contributed by atoms with van der Waals surface area (Å²) >= 11 is 0. The molecule has 0 heterocycles. The van der Waals surface area contributed by atoms with Gasteiger partial charge in [0.1, 0.15) is 0 Å². The second-order valence-electron chi connectivity index (χ2n) is 6.51. The molecular weight excluding hydrogens is 184 g/mol. The number of hydrogen-bond acceptors (Lipinski definition) is 1. The minimum absolute atomic E-state index is 0.244. The summed E-state index contributed by atoms with van der Waals surface area (Å²) in [5.74, 6) is 2.68. The minimum atomic E-state index is 0.244. The van der Waals surface area contributed by atoms with Crippen molar-refractivity contribution in [3.8, 4) is 0 Å². The van der Waals surface area contributed by atoms with Crippen molar-refractivity contribution >= 4 is 0 Å². The molecule has 1 nitrogen and oxygen atoms in total. The summed E-state index contributed by atoms with van der Waals surface area (Å²) in [5, 5.41) is 0. The lowest BCUT2D eigenvalue weighted by molar-refractivity contribution is -0.151. The summed E-state index contributed by atoms with van der Waals surface area (Å²) < 4.78 is 6.29. The van der Waals surface area contributed by atoms with Gasteiger partial charge in [0.15, 0.2) is 0 Å². The fourth-order valence-electron chi connectivity index (χ4n) is 4.26. The van der Waals surface area contributed by atoms with Gasteiger partial charge < -0.3 is 4.74 Å². The van der Waals surface area contributed by atoms with Gasteiger partial charge in [0.2, 0.25) is 0 Å². The average molecular weight is 210 g/mol. The monoisotopic (exact) mass is 210 g/mol. The maximum Gasteiger partial charge on any atom is 0.0693 e. The Morgan fingerprint density at radius 1 is 1.00 bits per heavy atom. The molecule has 88 valence electrons. The van der Waals surface area contributed by atoms with Crippen molar-refractivity contribution in [1.82, 2.24) is 0 Å². The number of rotatable bonds is 2. The first-order chi connectivity index (χ1) is 6.99. The van der Waals surface area contributed by atoms with Crippen molar-refractivity contribution in [2.45, 2.75) is 71.5 Å². The molecular formula is C14H26O. The molecule has 0 N–H and O–H groups in total. The Kier molecular flexibility index (Phi) is 3.12. The summed E-state index contributed by atoms with van der Waals surface area (Å²) in [7, 11) is 0. The van der Waals surface area contributed by atoms with Crippen LogP contribution in [0.15, 0.2) is 0 Å². The predicted molar refractivity (Wildman–Crippen MR) is 63.9 cm³/mol. The van der Waals surface area contributed by atoms with E-state index in [1.807, 2.05) is 0 Å². The van der Waals surface area contributed by atoms with Crippen LogP contribution in [-0.4, -0.2) is 11.7 Å². The Labute approximate surface area is 94.6 Å². The van der Waals surface area contributed by atoms with Gasteiger partial charge in [-0.05, 0) is 63.7 Å². The van der Waals surface area contributed by atoms with Crippen LogP contribution < -0.4 is 0 Å². The van der Waals surface area contributed by atoms with Gasteiger partial charge in [0.05, 0.1) is 11.7 Å². The lowest BCUT2D eigenvalue weighted by atomic mass is 9.62. The molecule has 0 amide bonds. The zero-order valence-electron chi connectivity index (χ0n) is 10.8. The molecule has 0 aromatic rings. The Hall–Kier alpha value is -0.0400. The van der Waals surface area contributed by atoms with Crippen molar-refractivity contribution < 1.29 is 4.74 Å². The highest BCUT2D eigenvalue weighted by Gasteiger charge is 2.45. The van der Waals surface area contributed by atoms with E-state index in [0.717, 1.165) is 17.8 Å². The average Bonchev–Trinajstić information content (AvgIpc) is 1.96. The van der Waals surface area contributed by atoms with Crippen LogP contribution in [0, 0.1) is 17.8 Å². The molecule has 1 heteroatoms. The van der Waals surface area contributed by atoms with Crippen molar-refractivity contribution in [2.24, 2.45) is 17.8 Å². The van der Waals surface area contributed by atoms with Gasteiger partial charge >= 0.3 is 0 Å². The van der Waals surface area contributed by atoms with Crippen molar-refractivity contribution in [3.05, 3.63) is 0 Å². The van der Waals surface area contributed by atoms with E-state index in [9.17, 15) is 0 Å². The molecule has 2 rings (SSSR count). The Balaban J connectivity index is 2.11. The van der Waals surface area contributed by atoms with Gasteiger partial charge in [-0.15, -0.1) is 0 Å². The van der Waals surface area contributed by atoms with Gasteiger partial charge in [0.25, 0.3) is 0 Å². The molecule has 2 fully saturated rings. The van der Waals surface area contributed by atoms with Crippen molar-refractivity contribution in [3.63, 3.8) is 0 Å². The van der Waals surface area contributed by atoms with E-state index in [0.29, 0.717) is 6.10 Å². The van der Waals surface area contributed by atoms with E-state index in [1.165, 1.54) is 32.1 Å². The Morgan fingerprint density at radius 2 is 1.53 bits per heavy atom. The van der Waals surface area contributed by atoms with E-state index in [1.54, 1.807) is 0 Å². The molecule has 0 spiro atoms. The molecule has 0 aliphatic heterocycles. The third kappa shape index (κ3) is 2.55. The third-order valence-electron chi connectivity index (χ3n) is 4.06. The SMILES string of the molecule is CC1CC2CC(C)CC(OC(C)C)(C1)C2. The lowest BCUT2D eigenvalue weighted by Crippen LogP contribution is -2.47. The van der Waals surface area contributed by atoms with E-state index in [-0.39, 0.29) is 5.60 Å².